The van der Waals surface area contributed by atoms with Crippen molar-refractivity contribution in [3.8, 4) is 46.0 Å². The molecule has 0 heterocycles. The zero-order valence-corrected chi connectivity index (χ0v) is 27.6. The maximum atomic E-state index is 14.7. The van der Waals surface area contributed by atoms with Crippen molar-refractivity contribution in [2.45, 2.75) is 45.4 Å². The van der Waals surface area contributed by atoms with Crippen LogP contribution in [0.4, 0.5) is 0 Å². The third kappa shape index (κ3) is 7.29. The molecule has 0 aliphatic heterocycles. The fraction of sp³-hybridized carbons (Fsp3) is 0.200. The van der Waals surface area contributed by atoms with Crippen LogP contribution >= 0.6 is 0 Å². The molecular formula is C40H38O10. The predicted molar refractivity (Wildman–Crippen MR) is 187 cm³/mol. The van der Waals surface area contributed by atoms with Crippen molar-refractivity contribution in [3.63, 3.8) is 0 Å². The number of benzene rings is 4. The summed E-state index contributed by atoms with van der Waals surface area (Å²) < 4.78 is 0. The highest BCUT2D eigenvalue weighted by Crippen LogP contribution is 2.51. The number of carbonyl (C=O) groups is 2. The molecule has 258 valence electrons. The van der Waals surface area contributed by atoms with Crippen LogP contribution < -0.4 is 0 Å². The average Bonchev–Trinajstić information content (AvgIpc) is 3.04. The number of aromatic hydroxyl groups is 8. The van der Waals surface area contributed by atoms with Gasteiger partial charge in [0.2, 0.25) is 0 Å². The Balaban J connectivity index is 1.66. The van der Waals surface area contributed by atoms with Gasteiger partial charge in [-0.05, 0) is 99.2 Å². The summed E-state index contributed by atoms with van der Waals surface area (Å²) in [6.45, 7) is 5.60. The third-order valence-electron chi connectivity index (χ3n) is 8.95. The second kappa shape index (κ2) is 14.1. The van der Waals surface area contributed by atoms with Gasteiger partial charge >= 0.3 is 0 Å². The third-order valence-corrected chi connectivity index (χ3v) is 8.95. The van der Waals surface area contributed by atoms with E-state index in [4.69, 9.17) is 0 Å². The zero-order valence-electron chi connectivity index (χ0n) is 27.6. The maximum absolute atomic E-state index is 14.7. The zero-order chi connectivity index (χ0) is 36.4. The van der Waals surface area contributed by atoms with Gasteiger partial charge in [-0.15, -0.1) is 0 Å². The number of phenolic OH excluding ortho intramolecular Hbond substituents is 8. The van der Waals surface area contributed by atoms with Crippen LogP contribution in [-0.2, 0) is 6.42 Å². The number of carbonyl (C=O) groups excluding carboxylic acids is 2. The molecule has 1 aliphatic rings. The molecule has 3 atom stereocenters. The molecule has 0 aromatic heterocycles. The largest absolute Gasteiger partial charge is 0.508 e. The summed E-state index contributed by atoms with van der Waals surface area (Å²) in [5.41, 5.74) is 2.74. The molecular weight excluding hydrogens is 640 g/mol. The fourth-order valence-corrected chi connectivity index (χ4v) is 6.39. The highest BCUT2D eigenvalue weighted by Gasteiger charge is 2.42. The van der Waals surface area contributed by atoms with Crippen LogP contribution in [0.2, 0.25) is 0 Å². The Morgan fingerprint density at radius 3 is 2.10 bits per heavy atom. The molecule has 0 bridgehead atoms. The number of ketones is 2. The number of hydrogen-bond acceptors (Lipinski definition) is 10. The SMILES string of the molecule is CC(C)=CCc1cc(C(=O)C2C(c3cc(C(=O)C=Cc4ccc(O)cc4O)c(O)cc3O)C=C(C)CC2c2ccc(O)c(O)c2)c(O)cc1O. The Kier molecular flexibility index (Phi) is 9.94. The van der Waals surface area contributed by atoms with Gasteiger partial charge < -0.3 is 40.9 Å². The van der Waals surface area contributed by atoms with E-state index in [-0.39, 0.29) is 51.7 Å². The highest BCUT2D eigenvalue weighted by molar-refractivity contribution is 6.09. The quantitative estimate of drug-likeness (QED) is 0.0381. The van der Waals surface area contributed by atoms with E-state index in [1.54, 1.807) is 12.1 Å². The lowest BCUT2D eigenvalue weighted by atomic mass is 9.65. The molecule has 1 aliphatic carbocycles. The number of hydrogen-bond donors (Lipinski definition) is 8. The van der Waals surface area contributed by atoms with E-state index in [2.05, 4.69) is 0 Å². The molecule has 0 saturated carbocycles. The van der Waals surface area contributed by atoms with E-state index in [0.29, 0.717) is 17.5 Å². The topological polar surface area (TPSA) is 196 Å². The van der Waals surface area contributed by atoms with Crippen molar-refractivity contribution in [3.05, 3.63) is 123 Å². The Labute approximate surface area is 288 Å². The predicted octanol–water partition coefficient (Wildman–Crippen LogP) is 7.45. The van der Waals surface area contributed by atoms with Gasteiger partial charge in [0, 0.05) is 41.2 Å². The van der Waals surface area contributed by atoms with E-state index >= 15 is 0 Å². The van der Waals surface area contributed by atoms with Gasteiger partial charge in [0.15, 0.2) is 23.1 Å². The van der Waals surface area contributed by atoms with Crippen LogP contribution in [0, 0.1) is 5.92 Å². The van der Waals surface area contributed by atoms with Crippen molar-refractivity contribution < 1.29 is 50.4 Å². The van der Waals surface area contributed by atoms with E-state index in [1.165, 1.54) is 42.5 Å². The molecule has 0 fully saturated rings. The number of rotatable bonds is 9. The first kappa shape index (κ1) is 35.2. The summed E-state index contributed by atoms with van der Waals surface area (Å²) in [5.74, 6) is -6.67. The number of Topliss-reactive ketones (excluding diaryl/α,β-unsaturated/α-hetero) is 1. The molecule has 0 spiro atoms. The van der Waals surface area contributed by atoms with Crippen molar-refractivity contribution >= 4 is 17.6 Å². The molecule has 10 heteroatoms. The molecule has 0 amide bonds. The minimum absolute atomic E-state index is 0.0814. The Morgan fingerprint density at radius 1 is 0.720 bits per heavy atom. The monoisotopic (exact) mass is 678 g/mol. The van der Waals surface area contributed by atoms with Crippen molar-refractivity contribution in [2.75, 3.05) is 0 Å². The lowest BCUT2D eigenvalue weighted by Gasteiger charge is -2.37. The first-order valence-corrected chi connectivity index (χ1v) is 15.9. The summed E-state index contributed by atoms with van der Waals surface area (Å²) in [4.78, 5) is 28.1. The van der Waals surface area contributed by atoms with Crippen LogP contribution in [-0.4, -0.2) is 52.4 Å². The van der Waals surface area contributed by atoms with E-state index < -0.39 is 52.3 Å². The lowest BCUT2D eigenvalue weighted by molar-refractivity contribution is 0.0877. The van der Waals surface area contributed by atoms with Crippen LogP contribution in [0.1, 0.15) is 82.0 Å². The Bertz CT molecular complexity index is 2080. The van der Waals surface area contributed by atoms with E-state index in [9.17, 15) is 50.4 Å². The average molecular weight is 679 g/mol. The lowest BCUT2D eigenvalue weighted by Crippen LogP contribution is -2.31. The second-order valence-electron chi connectivity index (χ2n) is 12.8. The van der Waals surface area contributed by atoms with E-state index in [1.807, 2.05) is 26.8 Å². The van der Waals surface area contributed by atoms with Crippen molar-refractivity contribution in [1.82, 2.24) is 0 Å². The Morgan fingerprint density at radius 2 is 1.42 bits per heavy atom. The van der Waals surface area contributed by atoms with Crippen LogP contribution in [0.5, 0.6) is 46.0 Å². The van der Waals surface area contributed by atoms with Gasteiger partial charge in [0.1, 0.15) is 34.5 Å². The summed E-state index contributed by atoms with van der Waals surface area (Å²) in [5, 5.41) is 83.7. The van der Waals surface area contributed by atoms with Gasteiger partial charge in [-0.1, -0.05) is 29.4 Å². The van der Waals surface area contributed by atoms with Crippen molar-refractivity contribution in [1.29, 1.82) is 0 Å². The number of allylic oxidation sites excluding steroid dienone is 5. The van der Waals surface area contributed by atoms with Crippen LogP contribution in [0.25, 0.3) is 6.08 Å². The van der Waals surface area contributed by atoms with Crippen LogP contribution in [0.15, 0.2) is 90.0 Å². The van der Waals surface area contributed by atoms with E-state index in [0.717, 1.165) is 35.4 Å². The Hall–Kier alpha value is -6.16. The standard InChI is InChI=1S/C40H38O10/c1-20(2)4-5-24-14-30(37(48)18-34(24)45)40(50)39-26(23-8-11-32(43)38(49)15-23)12-21(3)13-28(39)27-17-29(36(47)19-35(27)46)31(42)10-7-22-6-9-25(41)16-33(22)44/h4,6-11,13-19,26,28,39,41,43-49H,5,12H2,1-3H3. The molecule has 0 saturated heterocycles. The van der Waals surface area contributed by atoms with Crippen LogP contribution in [0.3, 0.4) is 0 Å². The summed E-state index contributed by atoms with van der Waals surface area (Å²) >= 11 is 0. The molecule has 8 N–H and O–H groups in total. The first-order valence-electron chi connectivity index (χ1n) is 15.9. The first-order chi connectivity index (χ1) is 23.6. The van der Waals surface area contributed by atoms with Gasteiger partial charge in [-0.2, -0.15) is 0 Å². The molecule has 4 aromatic rings. The molecule has 50 heavy (non-hydrogen) atoms. The van der Waals surface area contributed by atoms with Crippen molar-refractivity contribution in [2.24, 2.45) is 5.92 Å². The number of phenols is 8. The fourth-order valence-electron chi connectivity index (χ4n) is 6.39. The molecule has 4 aromatic carbocycles. The van der Waals surface area contributed by atoms with Gasteiger partial charge in [0.05, 0.1) is 11.1 Å². The normalized spacial score (nSPS) is 17.3. The maximum Gasteiger partial charge on any atom is 0.189 e. The molecule has 0 radical (unpaired) electrons. The van der Waals surface area contributed by atoms with Gasteiger partial charge in [-0.25, -0.2) is 0 Å². The highest BCUT2D eigenvalue weighted by atomic mass is 16.3. The molecule has 10 nitrogen and oxygen atoms in total. The summed E-state index contributed by atoms with van der Waals surface area (Å²) in [7, 11) is 0. The summed E-state index contributed by atoms with van der Waals surface area (Å²) in [6, 6.07) is 12.9. The second-order valence-corrected chi connectivity index (χ2v) is 12.8. The molecule has 3 unspecified atom stereocenters. The minimum Gasteiger partial charge on any atom is -0.508 e. The van der Waals surface area contributed by atoms with Gasteiger partial charge in [0.25, 0.3) is 0 Å². The summed E-state index contributed by atoms with van der Waals surface area (Å²) in [6.07, 6.45) is 6.65. The van der Waals surface area contributed by atoms with Gasteiger partial charge in [-0.3, -0.25) is 9.59 Å². The smallest absolute Gasteiger partial charge is 0.189 e. The molecule has 5 rings (SSSR count). The minimum atomic E-state index is -1.06.